The van der Waals surface area contributed by atoms with Crippen molar-refractivity contribution in [3.05, 3.63) is 0 Å². The van der Waals surface area contributed by atoms with E-state index in [0.29, 0.717) is 19.0 Å². The van der Waals surface area contributed by atoms with Crippen molar-refractivity contribution in [2.45, 2.75) is 38.6 Å². The molecule has 3 heteroatoms. The summed E-state index contributed by atoms with van der Waals surface area (Å²) >= 11 is 0. The molecule has 1 aliphatic rings. The third kappa shape index (κ3) is 2.14. The highest BCUT2D eigenvalue weighted by Crippen LogP contribution is 2.15. The third-order valence-electron chi connectivity index (χ3n) is 2.27. The Labute approximate surface area is 67.0 Å². The van der Waals surface area contributed by atoms with Crippen LogP contribution in [-0.2, 0) is 0 Å². The highest BCUT2D eigenvalue weighted by atomic mass is 19.1. The Morgan fingerprint density at radius 1 is 1.55 bits per heavy atom. The van der Waals surface area contributed by atoms with Crippen molar-refractivity contribution in [1.29, 1.82) is 0 Å². The Morgan fingerprint density at radius 2 is 2.18 bits per heavy atom. The lowest BCUT2D eigenvalue weighted by Crippen LogP contribution is -2.47. The molecule has 11 heavy (non-hydrogen) atoms. The summed E-state index contributed by atoms with van der Waals surface area (Å²) in [6, 6.07) is 0.390. The lowest BCUT2D eigenvalue weighted by Gasteiger charge is -2.34. The van der Waals surface area contributed by atoms with Gasteiger partial charge < -0.3 is 5.11 Å². The monoisotopic (exact) mass is 161 g/mol. The second kappa shape index (κ2) is 3.50. The summed E-state index contributed by atoms with van der Waals surface area (Å²) in [6.45, 7) is 5.30. The van der Waals surface area contributed by atoms with Gasteiger partial charge in [0.1, 0.15) is 6.17 Å². The van der Waals surface area contributed by atoms with Crippen molar-refractivity contribution in [2.75, 3.05) is 13.1 Å². The van der Waals surface area contributed by atoms with Crippen molar-refractivity contribution in [1.82, 2.24) is 4.90 Å². The number of alkyl halides is 1. The zero-order chi connectivity index (χ0) is 8.43. The van der Waals surface area contributed by atoms with Crippen LogP contribution in [0, 0.1) is 0 Å². The van der Waals surface area contributed by atoms with E-state index in [-0.39, 0.29) is 0 Å². The minimum atomic E-state index is -1.05. The summed E-state index contributed by atoms with van der Waals surface area (Å²) < 4.78 is 12.9. The van der Waals surface area contributed by atoms with Crippen LogP contribution in [0.15, 0.2) is 0 Å². The van der Waals surface area contributed by atoms with Gasteiger partial charge in [0.2, 0.25) is 0 Å². The number of hydrogen-bond donors (Lipinski definition) is 1. The highest BCUT2D eigenvalue weighted by molar-refractivity contribution is 4.80. The maximum Gasteiger partial charge on any atom is 0.139 e. The molecular formula is C8H16FNO. The first-order valence-electron chi connectivity index (χ1n) is 4.17. The summed E-state index contributed by atoms with van der Waals surface area (Å²) in [5.74, 6) is 0. The quantitative estimate of drug-likeness (QED) is 0.615. The van der Waals surface area contributed by atoms with E-state index in [1.54, 1.807) is 0 Å². The van der Waals surface area contributed by atoms with Gasteiger partial charge in [0, 0.05) is 19.1 Å². The van der Waals surface area contributed by atoms with Crippen LogP contribution in [0.25, 0.3) is 0 Å². The molecule has 0 radical (unpaired) electrons. The van der Waals surface area contributed by atoms with Gasteiger partial charge in [-0.15, -0.1) is 0 Å². The topological polar surface area (TPSA) is 23.5 Å². The SMILES string of the molecule is CC(C)N1CC[C@H](O)[C@H](F)C1. The number of halogens is 1. The fourth-order valence-corrected chi connectivity index (χ4v) is 1.38. The Bertz CT molecular complexity index is 129. The molecule has 1 heterocycles. The summed E-state index contributed by atoms with van der Waals surface area (Å²) in [5.41, 5.74) is 0. The van der Waals surface area contributed by atoms with E-state index >= 15 is 0 Å². The predicted octanol–water partition coefficient (Wildman–Crippen LogP) is 0.800. The number of piperidine rings is 1. The molecule has 66 valence electrons. The molecule has 1 saturated heterocycles. The number of rotatable bonds is 1. The zero-order valence-electron chi connectivity index (χ0n) is 7.13. The lowest BCUT2D eigenvalue weighted by molar-refractivity contribution is -0.00315. The third-order valence-corrected chi connectivity index (χ3v) is 2.27. The van der Waals surface area contributed by atoms with E-state index in [0.717, 1.165) is 6.54 Å². The smallest absolute Gasteiger partial charge is 0.139 e. The number of aliphatic hydroxyl groups excluding tert-OH is 1. The van der Waals surface area contributed by atoms with Crippen molar-refractivity contribution in [3.63, 3.8) is 0 Å². The molecule has 0 bridgehead atoms. The molecule has 0 amide bonds. The van der Waals surface area contributed by atoms with Gasteiger partial charge in [-0.25, -0.2) is 4.39 Å². The Hall–Kier alpha value is -0.150. The van der Waals surface area contributed by atoms with Crippen LogP contribution in [0.3, 0.4) is 0 Å². The van der Waals surface area contributed by atoms with E-state index in [9.17, 15) is 4.39 Å². The molecule has 1 N–H and O–H groups in total. The first-order chi connectivity index (χ1) is 5.11. The number of nitrogens with zero attached hydrogens (tertiary/aromatic N) is 1. The first kappa shape index (κ1) is 8.94. The van der Waals surface area contributed by atoms with Crippen LogP contribution in [0.4, 0.5) is 4.39 Å². The molecule has 2 nitrogen and oxygen atoms in total. The molecule has 0 unspecified atom stereocenters. The molecule has 0 aromatic carbocycles. The number of likely N-dealkylation sites (tertiary alicyclic amines) is 1. The fourth-order valence-electron chi connectivity index (χ4n) is 1.38. The van der Waals surface area contributed by atoms with E-state index in [4.69, 9.17) is 5.11 Å². The van der Waals surface area contributed by atoms with Crippen LogP contribution >= 0.6 is 0 Å². The normalized spacial score (nSPS) is 34.6. The average molecular weight is 161 g/mol. The second-order valence-corrected chi connectivity index (χ2v) is 3.46. The zero-order valence-corrected chi connectivity index (χ0v) is 7.13. The van der Waals surface area contributed by atoms with Crippen molar-refractivity contribution in [2.24, 2.45) is 0 Å². The maximum atomic E-state index is 12.9. The lowest BCUT2D eigenvalue weighted by atomic mass is 10.1. The van der Waals surface area contributed by atoms with Crippen LogP contribution in [0.2, 0.25) is 0 Å². The van der Waals surface area contributed by atoms with Crippen LogP contribution < -0.4 is 0 Å². The molecule has 0 aliphatic carbocycles. The van der Waals surface area contributed by atoms with Gasteiger partial charge in [0.25, 0.3) is 0 Å². The van der Waals surface area contributed by atoms with Crippen LogP contribution in [0.1, 0.15) is 20.3 Å². The van der Waals surface area contributed by atoms with Crippen LogP contribution in [-0.4, -0.2) is 41.4 Å². The molecule has 1 rings (SSSR count). The predicted molar refractivity (Wildman–Crippen MR) is 42.2 cm³/mol. The molecule has 1 fully saturated rings. The molecule has 0 saturated carbocycles. The first-order valence-corrected chi connectivity index (χ1v) is 4.17. The van der Waals surface area contributed by atoms with E-state index in [1.165, 1.54) is 0 Å². The Kier molecular flexibility index (Phi) is 2.84. The second-order valence-electron chi connectivity index (χ2n) is 3.46. The van der Waals surface area contributed by atoms with Gasteiger partial charge in [-0.05, 0) is 20.3 Å². The van der Waals surface area contributed by atoms with Crippen molar-refractivity contribution < 1.29 is 9.50 Å². The summed E-state index contributed by atoms with van der Waals surface area (Å²) in [5, 5.41) is 9.08. The number of hydrogen-bond acceptors (Lipinski definition) is 2. The van der Waals surface area contributed by atoms with Crippen molar-refractivity contribution >= 4 is 0 Å². The van der Waals surface area contributed by atoms with E-state index in [1.807, 2.05) is 13.8 Å². The van der Waals surface area contributed by atoms with Gasteiger partial charge in [-0.1, -0.05) is 0 Å². The molecule has 2 atom stereocenters. The van der Waals surface area contributed by atoms with E-state index < -0.39 is 12.3 Å². The summed E-state index contributed by atoms with van der Waals surface area (Å²) in [6.07, 6.45) is -1.21. The molecule has 0 aromatic heterocycles. The van der Waals surface area contributed by atoms with Gasteiger partial charge in [-0.2, -0.15) is 0 Å². The molecule has 0 aromatic rings. The maximum absolute atomic E-state index is 12.9. The van der Waals surface area contributed by atoms with Gasteiger partial charge in [-0.3, -0.25) is 4.90 Å². The van der Waals surface area contributed by atoms with Crippen LogP contribution in [0.5, 0.6) is 0 Å². The molecular weight excluding hydrogens is 145 g/mol. The summed E-state index contributed by atoms with van der Waals surface area (Å²) in [4.78, 5) is 2.05. The van der Waals surface area contributed by atoms with E-state index in [2.05, 4.69) is 4.90 Å². The molecule has 0 spiro atoms. The van der Waals surface area contributed by atoms with Gasteiger partial charge in [0.05, 0.1) is 6.10 Å². The fraction of sp³-hybridized carbons (Fsp3) is 1.00. The number of aliphatic hydroxyl groups is 1. The average Bonchev–Trinajstić information content (AvgIpc) is 1.94. The Balaban J connectivity index is 2.40. The largest absolute Gasteiger partial charge is 0.390 e. The van der Waals surface area contributed by atoms with Gasteiger partial charge in [0.15, 0.2) is 0 Å². The minimum Gasteiger partial charge on any atom is -0.390 e. The minimum absolute atomic E-state index is 0.388. The standard InChI is InChI=1S/C8H16FNO/c1-6(2)10-4-3-8(11)7(9)5-10/h6-8,11H,3-5H2,1-2H3/t7-,8+/m1/s1. The van der Waals surface area contributed by atoms with Gasteiger partial charge >= 0.3 is 0 Å². The highest BCUT2D eigenvalue weighted by Gasteiger charge is 2.28. The summed E-state index contributed by atoms with van der Waals surface area (Å²) in [7, 11) is 0. The van der Waals surface area contributed by atoms with Crippen molar-refractivity contribution in [3.8, 4) is 0 Å². The molecule has 1 aliphatic heterocycles. The Morgan fingerprint density at radius 3 is 2.64 bits per heavy atom.